The van der Waals surface area contributed by atoms with Crippen LogP contribution in [0.1, 0.15) is 26.3 Å². The molecule has 0 unspecified atom stereocenters. The van der Waals surface area contributed by atoms with Crippen molar-refractivity contribution in [3.63, 3.8) is 0 Å². The lowest BCUT2D eigenvalue weighted by atomic mass is 9.95. The first kappa shape index (κ1) is 18.0. The molecule has 2 aromatic carbocycles. The van der Waals surface area contributed by atoms with Crippen LogP contribution in [0.25, 0.3) is 0 Å². The highest BCUT2D eigenvalue weighted by molar-refractivity contribution is 7.92. The van der Waals surface area contributed by atoms with Crippen molar-refractivity contribution in [1.29, 1.82) is 0 Å². The number of nitrogens with one attached hydrogen (secondary N) is 2. The van der Waals surface area contributed by atoms with E-state index in [-0.39, 0.29) is 10.8 Å². The molecule has 5 nitrogen and oxygen atoms in total. The minimum atomic E-state index is -3.63. The van der Waals surface area contributed by atoms with Crippen LogP contribution in [0, 0.1) is 12.3 Å². The number of sulfonamides is 1. The molecular weight excluding hydrogens is 324 g/mol. The smallest absolute Gasteiger partial charge is 0.261 e. The number of rotatable bonds is 4. The Morgan fingerprint density at radius 1 is 1.00 bits per heavy atom. The number of carbonyl (C=O) groups is 1. The molecule has 0 bridgehead atoms. The van der Waals surface area contributed by atoms with Gasteiger partial charge in [0.15, 0.2) is 0 Å². The molecule has 24 heavy (non-hydrogen) atoms. The zero-order valence-corrected chi connectivity index (χ0v) is 15.1. The average Bonchev–Trinajstić information content (AvgIpc) is 2.49. The van der Waals surface area contributed by atoms with Crippen molar-refractivity contribution in [1.82, 2.24) is 0 Å². The highest BCUT2D eigenvalue weighted by Crippen LogP contribution is 2.24. The van der Waals surface area contributed by atoms with Gasteiger partial charge in [0.05, 0.1) is 4.90 Å². The van der Waals surface area contributed by atoms with E-state index in [4.69, 9.17) is 0 Å². The second-order valence-corrected chi connectivity index (χ2v) is 8.33. The molecular formula is C18H22N2O3S. The van der Waals surface area contributed by atoms with Gasteiger partial charge in [0.25, 0.3) is 10.0 Å². The van der Waals surface area contributed by atoms with Gasteiger partial charge in [-0.15, -0.1) is 0 Å². The fourth-order valence-corrected chi connectivity index (χ4v) is 3.06. The van der Waals surface area contributed by atoms with Gasteiger partial charge in [-0.1, -0.05) is 39.0 Å². The molecule has 0 saturated heterocycles. The number of hydrogen-bond donors (Lipinski definition) is 2. The molecule has 0 aromatic heterocycles. The van der Waals surface area contributed by atoms with E-state index < -0.39 is 15.4 Å². The van der Waals surface area contributed by atoms with Crippen LogP contribution in [0.5, 0.6) is 0 Å². The molecule has 2 aromatic rings. The van der Waals surface area contributed by atoms with Gasteiger partial charge in [-0.2, -0.15) is 0 Å². The van der Waals surface area contributed by atoms with Crippen LogP contribution in [0.15, 0.2) is 53.4 Å². The van der Waals surface area contributed by atoms with Crippen molar-refractivity contribution < 1.29 is 13.2 Å². The second-order valence-electron chi connectivity index (χ2n) is 6.65. The first-order chi connectivity index (χ1) is 11.1. The van der Waals surface area contributed by atoms with Crippen molar-refractivity contribution in [2.45, 2.75) is 32.6 Å². The lowest BCUT2D eigenvalue weighted by Crippen LogP contribution is -2.27. The Bertz CT molecular complexity index is 838. The maximum atomic E-state index is 12.3. The molecule has 0 aliphatic rings. The molecule has 0 spiro atoms. The summed E-state index contributed by atoms with van der Waals surface area (Å²) in [4.78, 5) is 12.3. The van der Waals surface area contributed by atoms with Gasteiger partial charge in [0.2, 0.25) is 5.91 Å². The maximum Gasteiger partial charge on any atom is 0.261 e. The Hall–Kier alpha value is -2.34. The van der Waals surface area contributed by atoms with Gasteiger partial charge in [-0.25, -0.2) is 8.42 Å². The van der Waals surface area contributed by atoms with E-state index in [1.165, 1.54) is 12.1 Å². The number of carbonyl (C=O) groups excluding carboxylic acids is 1. The molecule has 2 rings (SSSR count). The van der Waals surface area contributed by atoms with E-state index in [1.807, 2.05) is 27.7 Å². The SMILES string of the molecule is Cc1cc(NS(=O)(=O)c2ccccc2)ccc1NC(=O)C(C)(C)C. The third kappa shape index (κ3) is 4.35. The van der Waals surface area contributed by atoms with Crippen molar-refractivity contribution in [2.24, 2.45) is 5.41 Å². The summed E-state index contributed by atoms with van der Waals surface area (Å²) in [6, 6.07) is 13.2. The Morgan fingerprint density at radius 3 is 2.17 bits per heavy atom. The fourth-order valence-electron chi connectivity index (χ4n) is 1.99. The van der Waals surface area contributed by atoms with Crippen LogP contribution in [-0.2, 0) is 14.8 Å². The topological polar surface area (TPSA) is 75.3 Å². The van der Waals surface area contributed by atoms with Crippen molar-refractivity contribution in [2.75, 3.05) is 10.0 Å². The molecule has 128 valence electrons. The van der Waals surface area contributed by atoms with Gasteiger partial charge in [0.1, 0.15) is 0 Å². The first-order valence-corrected chi connectivity index (χ1v) is 9.08. The Morgan fingerprint density at radius 2 is 1.62 bits per heavy atom. The molecule has 1 amide bonds. The quantitative estimate of drug-likeness (QED) is 0.884. The van der Waals surface area contributed by atoms with Crippen LogP contribution in [0.3, 0.4) is 0 Å². The average molecular weight is 346 g/mol. The Kier molecular flexibility index (Phi) is 4.99. The molecule has 0 radical (unpaired) electrons. The van der Waals surface area contributed by atoms with Crippen LogP contribution in [0.4, 0.5) is 11.4 Å². The summed E-state index contributed by atoms with van der Waals surface area (Å²) in [5, 5.41) is 2.86. The van der Waals surface area contributed by atoms with E-state index in [0.717, 1.165) is 5.56 Å². The summed E-state index contributed by atoms with van der Waals surface area (Å²) < 4.78 is 27.2. The summed E-state index contributed by atoms with van der Waals surface area (Å²) in [7, 11) is -3.63. The Balaban J connectivity index is 2.20. The number of aryl methyl sites for hydroxylation is 1. The Labute approximate surface area is 143 Å². The van der Waals surface area contributed by atoms with Crippen molar-refractivity contribution in [3.05, 3.63) is 54.1 Å². The van der Waals surface area contributed by atoms with Crippen LogP contribution >= 0.6 is 0 Å². The van der Waals surface area contributed by atoms with Crippen molar-refractivity contribution >= 4 is 27.3 Å². The predicted molar refractivity (Wildman–Crippen MR) is 96.5 cm³/mol. The molecule has 0 fully saturated rings. The van der Waals surface area contributed by atoms with Crippen LogP contribution < -0.4 is 10.0 Å². The normalized spacial score (nSPS) is 11.8. The molecule has 6 heteroatoms. The minimum Gasteiger partial charge on any atom is -0.325 e. The largest absolute Gasteiger partial charge is 0.325 e. The van der Waals surface area contributed by atoms with E-state index in [0.29, 0.717) is 11.4 Å². The van der Waals surface area contributed by atoms with Gasteiger partial charge >= 0.3 is 0 Å². The van der Waals surface area contributed by atoms with Gasteiger partial charge in [0, 0.05) is 16.8 Å². The highest BCUT2D eigenvalue weighted by atomic mass is 32.2. The number of amides is 1. The van der Waals surface area contributed by atoms with E-state index in [1.54, 1.807) is 36.4 Å². The molecule has 0 aliphatic heterocycles. The van der Waals surface area contributed by atoms with Crippen LogP contribution in [0.2, 0.25) is 0 Å². The monoisotopic (exact) mass is 346 g/mol. The fraction of sp³-hybridized carbons (Fsp3) is 0.278. The third-order valence-electron chi connectivity index (χ3n) is 3.46. The number of anilines is 2. The lowest BCUT2D eigenvalue weighted by molar-refractivity contribution is -0.123. The predicted octanol–water partition coefficient (Wildman–Crippen LogP) is 3.78. The second kappa shape index (κ2) is 6.65. The van der Waals surface area contributed by atoms with Crippen molar-refractivity contribution in [3.8, 4) is 0 Å². The summed E-state index contributed by atoms with van der Waals surface area (Å²) in [5.74, 6) is -0.0942. The number of hydrogen-bond acceptors (Lipinski definition) is 3. The van der Waals surface area contributed by atoms with E-state index >= 15 is 0 Å². The standard InChI is InChI=1S/C18H22N2O3S/c1-13-12-14(10-11-16(13)19-17(21)18(2,3)4)20-24(22,23)15-8-6-5-7-9-15/h5-12,20H,1-4H3,(H,19,21). The van der Waals surface area contributed by atoms with E-state index in [2.05, 4.69) is 10.0 Å². The lowest BCUT2D eigenvalue weighted by Gasteiger charge is -2.19. The van der Waals surface area contributed by atoms with Gasteiger partial charge in [-0.3, -0.25) is 9.52 Å². The zero-order valence-electron chi connectivity index (χ0n) is 14.3. The summed E-state index contributed by atoms with van der Waals surface area (Å²) in [6.45, 7) is 7.32. The van der Waals surface area contributed by atoms with Gasteiger partial charge in [-0.05, 0) is 42.8 Å². The van der Waals surface area contributed by atoms with Crippen LogP contribution in [-0.4, -0.2) is 14.3 Å². The summed E-state index contributed by atoms with van der Waals surface area (Å²) in [5.41, 5.74) is 1.39. The molecule has 0 heterocycles. The highest BCUT2D eigenvalue weighted by Gasteiger charge is 2.22. The molecule has 0 aliphatic carbocycles. The van der Waals surface area contributed by atoms with E-state index in [9.17, 15) is 13.2 Å². The number of benzene rings is 2. The van der Waals surface area contributed by atoms with Gasteiger partial charge < -0.3 is 5.32 Å². The maximum absolute atomic E-state index is 12.3. The molecule has 0 atom stereocenters. The molecule has 0 saturated carbocycles. The summed E-state index contributed by atoms with van der Waals surface area (Å²) in [6.07, 6.45) is 0. The zero-order chi connectivity index (χ0) is 18.0. The molecule has 2 N–H and O–H groups in total. The third-order valence-corrected chi connectivity index (χ3v) is 4.86. The first-order valence-electron chi connectivity index (χ1n) is 7.59. The summed E-state index contributed by atoms with van der Waals surface area (Å²) >= 11 is 0. The minimum absolute atomic E-state index is 0.0942.